The quantitative estimate of drug-likeness (QED) is 0.705. The highest BCUT2D eigenvalue weighted by molar-refractivity contribution is 5.97. The summed E-state index contributed by atoms with van der Waals surface area (Å²) in [5.74, 6) is 0.293. The summed E-state index contributed by atoms with van der Waals surface area (Å²) in [6.45, 7) is 0.163. The summed E-state index contributed by atoms with van der Waals surface area (Å²) in [6, 6.07) is 5.70. The van der Waals surface area contributed by atoms with Crippen LogP contribution in [-0.4, -0.2) is 43.2 Å². The number of hydrogen-bond acceptors (Lipinski definition) is 4. The van der Waals surface area contributed by atoms with E-state index in [1.54, 1.807) is 24.3 Å². The highest BCUT2D eigenvalue weighted by Gasteiger charge is 2.22. The summed E-state index contributed by atoms with van der Waals surface area (Å²) in [5.41, 5.74) is 0.382. The topological polar surface area (TPSA) is 87.7 Å². The summed E-state index contributed by atoms with van der Waals surface area (Å²) in [4.78, 5) is 24.4. The van der Waals surface area contributed by atoms with E-state index in [1.807, 2.05) is 0 Å². The second-order valence-electron chi connectivity index (χ2n) is 6.19. The molecule has 24 heavy (non-hydrogen) atoms. The Labute approximate surface area is 142 Å². The fraction of sp³-hybridized carbons (Fsp3) is 0.556. The zero-order valence-corrected chi connectivity index (χ0v) is 14.1. The molecule has 1 saturated carbocycles. The normalized spacial score (nSPS) is 16.2. The minimum absolute atomic E-state index is 0.348. The Kier molecular flexibility index (Phi) is 7.06. The first-order valence-electron chi connectivity index (χ1n) is 8.47. The number of aliphatic hydroxyl groups is 1. The third-order valence-electron chi connectivity index (χ3n) is 4.43. The Hall–Kier alpha value is -2.08. The van der Waals surface area contributed by atoms with Gasteiger partial charge in [-0.2, -0.15) is 0 Å². The zero-order chi connectivity index (χ0) is 17.4. The van der Waals surface area contributed by atoms with E-state index in [9.17, 15) is 14.7 Å². The number of rotatable bonds is 7. The molecule has 0 heterocycles. The lowest BCUT2D eigenvalue weighted by atomic mass is 9.89. The van der Waals surface area contributed by atoms with Crippen molar-refractivity contribution in [2.45, 2.75) is 38.1 Å². The van der Waals surface area contributed by atoms with E-state index in [0.717, 1.165) is 12.8 Å². The molecule has 0 aromatic heterocycles. The lowest BCUT2D eigenvalue weighted by molar-refractivity contribution is -0.124. The van der Waals surface area contributed by atoms with E-state index in [0.29, 0.717) is 23.8 Å². The van der Waals surface area contributed by atoms with E-state index in [4.69, 9.17) is 4.74 Å². The molecule has 0 spiro atoms. The van der Waals surface area contributed by atoms with Crippen LogP contribution >= 0.6 is 0 Å². The van der Waals surface area contributed by atoms with Gasteiger partial charge in [0, 0.05) is 12.1 Å². The Bertz CT molecular complexity index is 556. The smallest absolute Gasteiger partial charge is 0.252 e. The van der Waals surface area contributed by atoms with Crippen LogP contribution in [0.2, 0.25) is 0 Å². The van der Waals surface area contributed by atoms with E-state index >= 15 is 0 Å². The van der Waals surface area contributed by atoms with Crippen molar-refractivity contribution < 1.29 is 19.4 Å². The monoisotopic (exact) mass is 334 g/mol. The molecule has 2 rings (SSSR count). The van der Waals surface area contributed by atoms with Crippen LogP contribution in [0.5, 0.6) is 5.75 Å². The molecule has 0 bridgehead atoms. The van der Waals surface area contributed by atoms with Crippen molar-refractivity contribution in [3.8, 4) is 5.75 Å². The first-order valence-corrected chi connectivity index (χ1v) is 8.47. The highest BCUT2D eigenvalue weighted by atomic mass is 16.5. The van der Waals surface area contributed by atoms with Crippen LogP contribution in [0.4, 0.5) is 0 Å². The molecule has 3 N–H and O–H groups in total. The maximum Gasteiger partial charge on any atom is 0.252 e. The Morgan fingerprint density at radius 1 is 1.29 bits per heavy atom. The molecule has 1 atom stereocenters. The fourth-order valence-electron chi connectivity index (χ4n) is 2.96. The van der Waals surface area contributed by atoms with Crippen molar-refractivity contribution in [1.82, 2.24) is 10.6 Å². The average Bonchev–Trinajstić information content (AvgIpc) is 2.64. The van der Waals surface area contributed by atoms with E-state index < -0.39 is 18.6 Å². The molecule has 1 aliphatic rings. The molecule has 6 nitrogen and oxygen atoms in total. The highest BCUT2D eigenvalue weighted by Crippen LogP contribution is 2.22. The van der Waals surface area contributed by atoms with Gasteiger partial charge < -0.3 is 20.5 Å². The zero-order valence-electron chi connectivity index (χ0n) is 14.1. The number of methoxy groups -OCH3 is 1. The van der Waals surface area contributed by atoms with Crippen LogP contribution in [0, 0.1) is 5.92 Å². The standard InChI is InChI=1S/C18H26N2O4/c1-24-15-9-5-8-14(10-15)17(22)20-16(12-21)18(23)19-11-13-6-3-2-4-7-13/h5,8-10,13,16,21H,2-4,6-7,11-12H2,1H3,(H,19,23)(H,20,22). The van der Waals surface area contributed by atoms with Crippen molar-refractivity contribution in [3.63, 3.8) is 0 Å². The number of nitrogens with one attached hydrogen (secondary N) is 2. The average molecular weight is 334 g/mol. The number of benzene rings is 1. The lowest BCUT2D eigenvalue weighted by Crippen LogP contribution is -2.49. The number of hydrogen-bond donors (Lipinski definition) is 3. The van der Waals surface area contributed by atoms with Crippen molar-refractivity contribution in [3.05, 3.63) is 29.8 Å². The fourth-order valence-corrected chi connectivity index (χ4v) is 2.96. The minimum atomic E-state index is -0.952. The van der Waals surface area contributed by atoms with Crippen LogP contribution in [0.25, 0.3) is 0 Å². The van der Waals surface area contributed by atoms with E-state index in [-0.39, 0.29) is 5.91 Å². The number of carbonyl (C=O) groups excluding carboxylic acids is 2. The summed E-state index contributed by atoms with van der Waals surface area (Å²) >= 11 is 0. The molecule has 6 heteroatoms. The second-order valence-corrected chi connectivity index (χ2v) is 6.19. The molecule has 0 saturated heterocycles. The largest absolute Gasteiger partial charge is 0.497 e. The minimum Gasteiger partial charge on any atom is -0.497 e. The van der Waals surface area contributed by atoms with Crippen LogP contribution in [0.3, 0.4) is 0 Å². The molecule has 1 fully saturated rings. The van der Waals surface area contributed by atoms with Gasteiger partial charge >= 0.3 is 0 Å². The summed E-state index contributed by atoms with van der Waals surface area (Å²) in [5, 5.41) is 14.8. The first kappa shape index (κ1) is 18.3. The number of aliphatic hydroxyl groups excluding tert-OH is 1. The maximum atomic E-state index is 12.2. The van der Waals surface area contributed by atoms with Gasteiger partial charge in [-0.15, -0.1) is 0 Å². The third kappa shape index (κ3) is 5.23. The van der Waals surface area contributed by atoms with Gasteiger partial charge in [0.15, 0.2) is 0 Å². The van der Waals surface area contributed by atoms with Gasteiger partial charge in [-0.3, -0.25) is 9.59 Å². The van der Waals surface area contributed by atoms with E-state index in [2.05, 4.69) is 10.6 Å². The Balaban J connectivity index is 1.87. The van der Waals surface area contributed by atoms with Crippen LogP contribution in [0.15, 0.2) is 24.3 Å². The number of carbonyl (C=O) groups is 2. The van der Waals surface area contributed by atoms with Gasteiger partial charge in [-0.05, 0) is 37.0 Å². The molecular formula is C18H26N2O4. The SMILES string of the molecule is COc1cccc(C(=O)NC(CO)C(=O)NCC2CCCCC2)c1. The van der Waals surface area contributed by atoms with Gasteiger partial charge in [0.25, 0.3) is 5.91 Å². The van der Waals surface area contributed by atoms with Gasteiger partial charge in [-0.1, -0.05) is 25.3 Å². The Morgan fingerprint density at radius 2 is 2.04 bits per heavy atom. The van der Waals surface area contributed by atoms with Crippen molar-refractivity contribution in [2.75, 3.05) is 20.3 Å². The molecular weight excluding hydrogens is 308 g/mol. The molecule has 1 aliphatic carbocycles. The van der Waals surface area contributed by atoms with Crippen LogP contribution in [-0.2, 0) is 4.79 Å². The number of ether oxygens (including phenoxy) is 1. The molecule has 132 valence electrons. The molecule has 1 aromatic carbocycles. The molecule has 0 radical (unpaired) electrons. The van der Waals surface area contributed by atoms with Crippen molar-refractivity contribution in [1.29, 1.82) is 0 Å². The number of amides is 2. The van der Waals surface area contributed by atoms with Gasteiger partial charge in [0.2, 0.25) is 5.91 Å². The molecule has 2 amide bonds. The van der Waals surface area contributed by atoms with Crippen LogP contribution < -0.4 is 15.4 Å². The second kappa shape index (κ2) is 9.27. The molecule has 0 aliphatic heterocycles. The first-order chi connectivity index (χ1) is 11.6. The summed E-state index contributed by atoms with van der Waals surface area (Å²) < 4.78 is 5.08. The molecule has 1 unspecified atom stereocenters. The summed E-state index contributed by atoms with van der Waals surface area (Å²) in [7, 11) is 1.52. The lowest BCUT2D eigenvalue weighted by Gasteiger charge is -2.23. The predicted octanol–water partition coefficient (Wildman–Crippen LogP) is 1.48. The van der Waals surface area contributed by atoms with Crippen LogP contribution in [0.1, 0.15) is 42.5 Å². The van der Waals surface area contributed by atoms with Gasteiger partial charge in [-0.25, -0.2) is 0 Å². The van der Waals surface area contributed by atoms with Gasteiger partial charge in [0.1, 0.15) is 11.8 Å². The molecule has 1 aromatic rings. The van der Waals surface area contributed by atoms with E-state index in [1.165, 1.54) is 26.4 Å². The predicted molar refractivity (Wildman–Crippen MR) is 90.9 cm³/mol. The van der Waals surface area contributed by atoms with Crippen molar-refractivity contribution >= 4 is 11.8 Å². The van der Waals surface area contributed by atoms with Crippen molar-refractivity contribution in [2.24, 2.45) is 5.92 Å². The third-order valence-corrected chi connectivity index (χ3v) is 4.43. The van der Waals surface area contributed by atoms with Gasteiger partial charge in [0.05, 0.1) is 13.7 Å². The maximum absolute atomic E-state index is 12.2. The Morgan fingerprint density at radius 3 is 2.71 bits per heavy atom. The summed E-state index contributed by atoms with van der Waals surface area (Å²) in [6.07, 6.45) is 5.92.